The molecule has 7 heteroatoms. The largest absolute Gasteiger partial charge is 0.444 e. The van der Waals surface area contributed by atoms with Crippen LogP contribution < -0.4 is 10.6 Å². The maximum Gasteiger partial charge on any atom is 0.416 e. The van der Waals surface area contributed by atoms with Gasteiger partial charge in [0.1, 0.15) is 5.60 Å². The van der Waals surface area contributed by atoms with Crippen molar-refractivity contribution in [1.82, 2.24) is 10.6 Å². The van der Waals surface area contributed by atoms with Gasteiger partial charge in [-0.2, -0.15) is 13.2 Å². The molecule has 4 nitrogen and oxygen atoms in total. The molecule has 24 heavy (non-hydrogen) atoms. The van der Waals surface area contributed by atoms with E-state index < -0.39 is 29.5 Å². The molecule has 1 unspecified atom stereocenters. The summed E-state index contributed by atoms with van der Waals surface area (Å²) >= 11 is 0. The van der Waals surface area contributed by atoms with Gasteiger partial charge in [0.25, 0.3) is 0 Å². The first kappa shape index (κ1) is 20.3. The van der Waals surface area contributed by atoms with Gasteiger partial charge in [0, 0.05) is 6.54 Å². The molecule has 0 fully saturated rings. The third kappa shape index (κ3) is 7.21. The summed E-state index contributed by atoms with van der Waals surface area (Å²) in [6, 6.07) is 4.34. The van der Waals surface area contributed by atoms with Gasteiger partial charge in [-0.1, -0.05) is 19.1 Å². The highest BCUT2D eigenvalue weighted by Crippen LogP contribution is 2.30. The van der Waals surface area contributed by atoms with Crippen molar-refractivity contribution < 1.29 is 22.7 Å². The quantitative estimate of drug-likeness (QED) is 0.756. The Balaban J connectivity index is 2.94. The molecule has 0 aromatic heterocycles. The van der Waals surface area contributed by atoms with Gasteiger partial charge in [-0.15, -0.1) is 0 Å². The van der Waals surface area contributed by atoms with Crippen molar-refractivity contribution in [3.05, 3.63) is 35.4 Å². The molecule has 0 aliphatic carbocycles. The molecule has 0 saturated carbocycles. The first-order valence-corrected chi connectivity index (χ1v) is 7.90. The highest BCUT2D eigenvalue weighted by molar-refractivity contribution is 5.68. The van der Waals surface area contributed by atoms with Crippen LogP contribution in [0.5, 0.6) is 0 Å². The van der Waals surface area contributed by atoms with E-state index >= 15 is 0 Å². The standard InChI is InChI=1S/C17H25F3N2O2/c1-5-9-21-11-14(22-15(23)24-16(2,3)4)12-7-6-8-13(10-12)17(18,19)20/h6-8,10,14,21H,5,9,11H2,1-4H3,(H,22,23). The topological polar surface area (TPSA) is 50.4 Å². The third-order valence-electron chi connectivity index (χ3n) is 3.08. The smallest absolute Gasteiger partial charge is 0.416 e. The Labute approximate surface area is 140 Å². The Morgan fingerprint density at radius 2 is 1.92 bits per heavy atom. The zero-order valence-corrected chi connectivity index (χ0v) is 14.5. The lowest BCUT2D eigenvalue weighted by Crippen LogP contribution is -2.39. The molecule has 1 aromatic rings. The summed E-state index contributed by atoms with van der Waals surface area (Å²) in [5.41, 5.74) is -1.05. The third-order valence-corrected chi connectivity index (χ3v) is 3.08. The minimum absolute atomic E-state index is 0.314. The van der Waals surface area contributed by atoms with Crippen molar-refractivity contribution >= 4 is 6.09 Å². The van der Waals surface area contributed by atoms with Crippen LogP contribution in [0.25, 0.3) is 0 Å². The molecular formula is C17H25F3N2O2. The fourth-order valence-corrected chi connectivity index (χ4v) is 2.06. The van der Waals surface area contributed by atoms with Crippen molar-refractivity contribution in [3.63, 3.8) is 0 Å². The highest BCUT2D eigenvalue weighted by Gasteiger charge is 2.31. The zero-order valence-electron chi connectivity index (χ0n) is 14.5. The van der Waals surface area contributed by atoms with Crippen molar-refractivity contribution in [2.24, 2.45) is 0 Å². The molecule has 1 amide bonds. The molecule has 0 aliphatic rings. The number of rotatable bonds is 6. The molecule has 0 spiro atoms. The first-order chi connectivity index (χ1) is 11.0. The molecule has 0 radical (unpaired) electrons. The Morgan fingerprint density at radius 3 is 2.46 bits per heavy atom. The average molecular weight is 346 g/mol. The van der Waals surface area contributed by atoms with Crippen LogP contribution in [0.2, 0.25) is 0 Å². The second-order valence-electron chi connectivity index (χ2n) is 6.53. The molecule has 1 rings (SSSR count). The maximum atomic E-state index is 12.9. The summed E-state index contributed by atoms with van der Waals surface area (Å²) < 4.78 is 43.9. The summed E-state index contributed by atoms with van der Waals surface area (Å²) in [7, 11) is 0. The molecule has 2 N–H and O–H groups in total. The van der Waals surface area contributed by atoms with E-state index in [2.05, 4.69) is 10.6 Å². The van der Waals surface area contributed by atoms with Gasteiger partial charge in [0.15, 0.2) is 0 Å². The van der Waals surface area contributed by atoms with E-state index in [4.69, 9.17) is 4.74 Å². The number of alkyl halides is 3. The highest BCUT2D eigenvalue weighted by atomic mass is 19.4. The number of benzene rings is 1. The molecule has 0 aliphatic heterocycles. The zero-order chi connectivity index (χ0) is 18.4. The molecule has 1 aromatic carbocycles. The van der Waals surface area contributed by atoms with Crippen molar-refractivity contribution in [2.75, 3.05) is 13.1 Å². The van der Waals surface area contributed by atoms with Gasteiger partial charge in [0.05, 0.1) is 11.6 Å². The van der Waals surface area contributed by atoms with Crippen molar-refractivity contribution in [2.45, 2.75) is 51.9 Å². The second-order valence-corrected chi connectivity index (χ2v) is 6.53. The lowest BCUT2D eigenvalue weighted by Gasteiger charge is -2.24. The second kappa shape index (κ2) is 8.37. The van der Waals surface area contributed by atoms with Crippen LogP contribution in [0, 0.1) is 0 Å². The summed E-state index contributed by atoms with van der Waals surface area (Å²) in [4.78, 5) is 12.0. The number of amides is 1. The summed E-state index contributed by atoms with van der Waals surface area (Å²) in [5.74, 6) is 0. The number of carbonyl (C=O) groups excluding carboxylic acids is 1. The monoisotopic (exact) mass is 346 g/mol. The van der Waals surface area contributed by atoms with E-state index in [1.165, 1.54) is 6.07 Å². The Hall–Kier alpha value is -1.76. The van der Waals surface area contributed by atoms with Crippen LogP contribution in [0.1, 0.15) is 51.3 Å². The number of alkyl carbamates (subject to hydrolysis) is 1. The van der Waals surface area contributed by atoms with Crippen molar-refractivity contribution in [1.29, 1.82) is 0 Å². The van der Waals surface area contributed by atoms with Gasteiger partial charge in [-0.05, 0) is 51.4 Å². The van der Waals surface area contributed by atoms with Gasteiger partial charge in [0.2, 0.25) is 0 Å². The molecule has 1 atom stereocenters. The lowest BCUT2D eigenvalue weighted by atomic mass is 10.0. The predicted molar refractivity (Wildman–Crippen MR) is 86.7 cm³/mol. The number of ether oxygens (including phenoxy) is 1. The minimum atomic E-state index is -4.43. The number of carbonyl (C=O) groups is 1. The summed E-state index contributed by atoms with van der Waals surface area (Å²) in [6.07, 6.45) is -4.21. The fraction of sp³-hybridized carbons (Fsp3) is 0.588. The first-order valence-electron chi connectivity index (χ1n) is 7.90. The number of hydrogen-bond acceptors (Lipinski definition) is 3. The van der Waals surface area contributed by atoms with Crippen LogP contribution >= 0.6 is 0 Å². The van der Waals surface area contributed by atoms with E-state index in [1.54, 1.807) is 26.8 Å². The van der Waals surface area contributed by atoms with Crippen LogP contribution in [-0.2, 0) is 10.9 Å². The van der Waals surface area contributed by atoms with Crippen molar-refractivity contribution in [3.8, 4) is 0 Å². The Bertz CT molecular complexity index is 539. The van der Waals surface area contributed by atoms with E-state index in [0.717, 1.165) is 18.6 Å². The van der Waals surface area contributed by atoms with Gasteiger partial charge < -0.3 is 15.4 Å². The van der Waals surface area contributed by atoms with E-state index in [-0.39, 0.29) is 0 Å². The van der Waals surface area contributed by atoms with Crippen LogP contribution in [0.3, 0.4) is 0 Å². The van der Waals surface area contributed by atoms with E-state index in [0.29, 0.717) is 18.7 Å². The van der Waals surface area contributed by atoms with Gasteiger partial charge >= 0.3 is 12.3 Å². The number of nitrogens with one attached hydrogen (secondary N) is 2. The summed E-state index contributed by atoms with van der Waals surface area (Å²) in [6.45, 7) is 8.16. The minimum Gasteiger partial charge on any atom is -0.444 e. The van der Waals surface area contributed by atoms with Crippen LogP contribution in [0.4, 0.5) is 18.0 Å². The molecule has 136 valence electrons. The van der Waals surface area contributed by atoms with Gasteiger partial charge in [-0.25, -0.2) is 4.79 Å². The molecule has 0 heterocycles. The van der Waals surface area contributed by atoms with E-state index in [1.807, 2.05) is 6.92 Å². The number of halogens is 3. The molecular weight excluding hydrogens is 321 g/mol. The van der Waals surface area contributed by atoms with Crippen LogP contribution in [0.15, 0.2) is 24.3 Å². The SMILES string of the molecule is CCCNCC(NC(=O)OC(C)(C)C)c1cccc(C(F)(F)F)c1. The maximum absolute atomic E-state index is 12.9. The van der Waals surface area contributed by atoms with Gasteiger partial charge in [-0.3, -0.25) is 0 Å². The Morgan fingerprint density at radius 1 is 1.25 bits per heavy atom. The average Bonchev–Trinajstić information content (AvgIpc) is 2.44. The lowest BCUT2D eigenvalue weighted by molar-refractivity contribution is -0.137. The summed E-state index contributed by atoms with van der Waals surface area (Å²) in [5, 5.41) is 5.74. The van der Waals surface area contributed by atoms with E-state index in [9.17, 15) is 18.0 Å². The normalized spacial score (nSPS) is 13.5. The predicted octanol–water partition coefficient (Wildman–Crippen LogP) is 4.27. The molecule has 0 saturated heterocycles. The van der Waals surface area contributed by atoms with Crippen LogP contribution in [-0.4, -0.2) is 24.8 Å². The molecule has 0 bridgehead atoms. The number of hydrogen-bond donors (Lipinski definition) is 2. The fourth-order valence-electron chi connectivity index (χ4n) is 2.06. The Kier molecular flexibility index (Phi) is 7.08.